The summed E-state index contributed by atoms with van der Waals surface area (Å²) in [7, 11) is 1.77. The Hall–Kier alpha value is -4.06. The molecule has 43 heavy (non-hydrogen) atoms. The fraction of sp³-hybridized carbons (Fsp3) is 0.438. The molecule has 0 amide bonds. The number of rotatable bonds is 10. The quantitative estimate of drug-likeness (QED) is 0.269. The number of piperazine rings is 1. The van der Waals surface area contributed by atoms with E-state index in [1.807, 2.05) is 0 Å². The van der Waals surface area contributed by atoms with Crippen LogP contribution < -0.4 is 15.8 Å². The molecule has 0 radical (unpaired) electrons. The van der Waals surface area contributed by atoms with E-state index in [1.54, 1.807) is 56.1 Å². The van der Waals surface area contributed by atoms with Gasteiger partial charge in [0.25, 0.3) is 5.56 Å². The molecular weight excluding hydrogens is 544 g/mol. The fourth-order valence-corrected chi connectivity index (χ4v) is 6.27. The lowest BCUT2D eigenvalue weighted by Crippen LogP contribution is -2.57. The Kier molecular flexibility index (Phi) is 8.04. The van der Waals surface area contributed by atoms with Crippen LogP contribution >= 0.6 is 0 Å². The number of pyridine rings is 1. The Morgan fingerprint density at radius 1 is 1.12 bits per heavy atom. The van der Waals surface area contributed by atoms with E-state index < -0.39 is 5.60 Å². The molecule has 3 fully saturated rings. The second-order valence-electron chi connectivity index (χ2n) is 11.9. The zero-order valence-corrected chi connectivity index (χ0v) is 25.1. The van der Waals surface area contributed by atoms with Crippen LogP contribution in [0.5, 0.6) is 0 Å². The van der Waals surface area contributed by atoms with Crippen molar-refractivity contribution in [2.24, 2.45) is 0 Å². The maximum absolute atomic E-state index is 13.3. The van der Waals surface area contributed by atoms with Crippen LogP contribution in [0, 0.1) is 0 Å². The van der Waals surface area contributed by atoms with Gasteiger partial charge >= 0.3 is 0 Å². The molecule has 2 atom stereocenters. The smallest absolute Gasteiger partial charge is 0.278 e. The highest BCUT2D eigenvalue weighted by atomic mass is 16.5. The summed E-state index contributed by atoms with van der Waals surface area (Å²) in [6, 6.07) is 14.8. The van der Waals surface area contributed by atoms with E-state index in [1.165, 1.54) is 29.6 Å². The minimum Gasteiger partial charge on any atom is -0.384 e. The van der Waals surface area contributed by atoms with Crippen molar-refractivity contribution in [3.63, 3.8) is 0 Å². The highest BCUT2D eigenvalue weighted by Gasteiger charge is 2.36. The number of anilines is 3. The number of aliphatic hydroxyl groups is 1. The van der Waals surface area contributed by atoms with Crippen LogP contribution in [0.4, 0.5) is 17.3 Å². The van der Waals surface area contributed by atoms with Crippen LogP contribution in [-0.4, -0.2) is 79.8 Å². The molecule has 226 valence electrons. The third kappa shape index (κ3) is 5.80. The minimum absolute atomic E-state index is 0.242. The lowest BCUT2D eigenvalue weighted by atomic mass is 10.1. The standard InChI is InChI=1S/C32H40N8O3/c1-5-16-39-30(41)26-19-33-31(36-29(26)40(39)28-11-7-10-27(35-28)32(2,3)42)34-22-12-14-23(15-13-22)38-21-24-8-6-9-25(38)20-37(24)17-18-43-4/h5,7,10-15,19,24-25,42H,1,6,8-9,16-18,20-21H2,2-4H3,(H,33,34,36). The number of fused-ring (bicyclic) bond motifs is 5. The molecule has 2 N–H and O–H groups in total. The molecule has 7 rings (SSSR count). The summed E-state index contributed by atoms with van der Waals surface area (Å²) < 4.78 is 8.53. The molecule has 3 saturated heterocycles. The molecule has 2 unspecified atom stereocenters. The number of hydrogen-bond acceptors (Lipinski definition) is 9. The summed E-state index contributed by atoms with van der Waals surface area (Å²) >= 11 is 0. The van der Waals surface area contributed by atoms with Gasteiger partial charge in [-0.1, -0.05) is 12.1 Å². The molecule has 3 aliphatic heterocycles. The monoisotopic (exact) mass is 584 g/mol. The fourth-order valence-electron chi connectivity index (χ4n) is 6.27. The number of methoxy groups -OCH3 is 1. The van der Waals surface area contributed by atoms with Gasteiger partial charge in [-0.05, 0) is 69.5 Å². The average Bonchev–Trinajstić information content (AvgIpc) is 3.16. The summed E-state index contributed by atoms with van der Waals surface area (Å²) in [6.07, 6.45) is 6.88. The van der Waals surface area contributed by atoms with Crippen molar-refractivity contribution in [3.8, 4) is 5.82 Å². The van der Waals surface area contributed by atoms with Gasteiger partial charge < -0.3 is 20.1 Å². The van der Waals surface area contributed by atoms with E-state index in [2.05, 4.69) is 55.9 Å². The van der Waals surface area contributed by atoms with Crippen molar-refractivity contribution < 1.29 is 9.84 Å². The molecule has 11 nitrogen and oxygen atoms in total. The van der Waals surface area contributed by atoms with Gasteiger partial charge in [-0.2, -0.15) is 4.98 Å². The summed E-state index contributed by atoms with van der Waals surface area (Å²) in [5.74, 6) is 0.834. The number of allylic oxidation sites excluding steroid dienone is 1. The molecule has 4 aromatic rings. The summed E-state index contributed by atoms with van der Waals surface area (Å²) in [4.78, 5) is 32.3. The Balaban J connectivity index is 1.27. The van der Waals surface area contributed by atoms with Gasteiger partial charge in [0.05, 0.1) is 18.8 Å². The maximum Gasteiger partial charge on any atom is 0.278 e. The van der Waals surface area contributed by atoms with Crippen LogP contribution in [0.1, 0.15) is 38.8 Å². The van der Waals surface area contributed by atoms with Crippen molar-refractivity contribution in [3.05, 3.63) is 77.4 Å². The predicted octanol–water partition coefficient (Wildman–Crippen LogP) is 3.82. The van der Waals surface area contributed by atoms with Gasteiger partial charge in [-0.3, -0.25) is 9.69 Å². The second kappa shape index (κ2) is 11.9. The number of aromatic nitrogens is 5. The molecule has 6 heterocycles. The van der Waals surface area contributed by atoms with E-state index in [-0.39, 0.29) is 12.1 Å². The Bertz CT molecular complexity index is 1660. The first-order valence-electron chi connectivity index (χ1n) is 14.9. The van der Waals surface area contributed by atoms with Crippen molar-refractivity contribution in [2.75, 3.05) is 43.6 Å². The second-order valence-corrected chi connectivity index (χ2v) is 11.9. The predicted molar refractivity (Wildman–Crippen MR) is 168 cm³/mol. The number of benzene rings is 1. The van der Waals surface area contributed by atoms with Crippen LogP contribution in [-0.2, 0) is 16.9 Å². The SMILES string of the molecule is C=CCn1c(=O)c2cnc(Nc3ccc(N4CC5CCCC4CN5CCOC)cc3)nc2n1-c1cccc(C(C)(C)O)n1. The van der Waals surface area contributed by atoms with Gasteiger partial charge in [0.1, 0.15) is 11.0 Å². The molecule has 11 heteroatoms. The molecule has 0 spiro atoms. The zero-order chi connectivity index (χ0) is 30.1. The van der Waals surface area contributed by atoms with Gasteiger partial charge in [0.15, 0.2) is 11.5 Å². The topological polar surface area (TPSA) is 114 Å². The molecule has 0 saturated carbocycles. The number of ether oxygens (including phenoxy) is 1. The Morgan fingerprint density at radius 3 is 2.65 bits per heavy atom. The normalized spacial score (nSPS) is 19.1. The van der Waals surface area contributed by atoms with Crippen molar-refractivity contribution in [1.29, 1.82) is 0 Å². The van der Waals surface area contributed by atoms with Gasteiger partial charge in [-0.15, -0.1) is 6.58 Å². The zero-order valence-electron chi connectivity index (χ0n) is 25.1. The van der Waals surface area contributed by atoms with Gasteiger partial charge in [0.2, 0.25) is 5.95 Å². The molecule has 2 bridgehead atoms. The van der Waals surface area contributed by atoms with Crippen LogP contribution in [0.25, 0.3) is 16.9 Å². The van der Waals surface area contributed by atoms with E-state index in [9.17, 15) is 9.90 Å². The van der Waals surface area contributed by atoms with Gasteiger partial charge in [0, 0.05) is 56.4 Å². The third-order valence-corrected chi connectivity index (χ3v) is 8.48. The van der Waals surface area contributed by atoms with Crippen molar-refractivity contribution >= 4 is 28.4 Å². The van der Waals surface area contributed by atoms with Crippen LogP contribution in [0.15, 0.2) is 66.1 Å². The largest absolute Gasteiger partial charge is 0.384 e. The molecule has 0 aliphatic carbocycles. The third-order valence-electron chi connectivity index (χ3n) is 8.48. The molecular formula is C32H40N8O3. The maximum atomic E-state index is 13.3. The minimum atomic E-state index is -1.15. The number of nitrogens with one attached hydrogen (secondary N) is 1. The number of nitrogens with zero attached hydrogens (tertiary/aromatic N) is 7. The van der Waals surface area contributed by atoms with Crippen LogP contribution in [0.2, 0.25) is 0 Å². The lowest BCUT2D eigenvalue weighted by Gasteiger charge is -2.45. The van der Waals surface area contributed by atoms with Gasteiger partial charge in [-0.25, -0.2) is 19.3 Å². The van der Waals surface area contributed by atoms with E-state index in [0.29, 0.717) is 40.6 Å². The first-order chi connectivity index (χ1) is 20.8. The van der Waals surface area contributed by atoms with Crippen molar-refractivity contribution in [1.82, 2.24) is 29.2 Å². The average molecular weight is 585 g/mol. The van der Waals surface area contributed by atoms with Crippen molar-refractivity contribution in [2.45, 2.75) is 57.3 Å². The number of hydrogen-bond donors (Lipinski definition) is 2. The van der Waals surface area contributed by atoms with E-state index in [4.69, 9.17) is 9.72 Å². The first kappa shape index (κ1) is 29.0. The summed E-state index contributed by atoms with van der Waals surface area (Å²) in [5, 5.41) is 14.2. The Labute approximate surface area is 251 Å². The Morgan fingerprint density at radius 2 is 1.91 bits per heavy atom. The van der Waals surface area contributed by atoms with E-state index >= 15 is 0 Å². The molecule has 3 aliphatic rings. The first-order valence-corrected chi connectivity index (χ1v) is 14.9. The molecule has 3 aromatic heterocycles. The molecule has 1 aromatic carbocycles. The summed E-state index contributed by atoms with van der Waals surface area (Å²) in [5.41, 5.74) is 1.59. The summed E-state index contributed by atoms with van der Waals surface area (Å²) in [6.45, 7) is 11.3. The van der Waals surface area contributed by atoms with E-state index in [0.717, 1.165) is 31.9 Å². The highest BCUT2D eigenvalue weighted by molar-refractivity contribution is 5.77. The highest BCUT2D eigenvalue weighted by Crippen LogP contribution is 2.32. The van der Waals surface area contributed by atoms with Crippen LogP contribution in [0.3, 0.4) is 0 Å². The lowest BCUT2D eigenvalue weighted by molar-refractivity contribution is 0.0738.